The van der Waals surface area contributed by atoms with Gasteiger partial charge in [0.2, 0.25) is 17.7 Å². The monoisotopic (exact) mass is 1700 g/mol. The fraction of sp³-hybridized carbons (Fsp3) is 0.915. The van der Waals surface area contributed by atoms with E-state index in [0.717, 1.165) is 78.1 Å². The second-order valence-electron chi connectivity index (χ2n) is 32.5. The van der Waals surface area contributed by atoms with Crippen LogP contribution in [-0.4, -0.2) is 352 Å². The van der Waals surface area contributed by atoms with Gasteiger partial charge in [0.25, 0.3) is 0 Å². The highest BCUT2D eigenvalue weighted by molar-refractivity contribution is 5.76. The number of ether oxygens (including phenoxy) is 12. The maximum atomic E-state index is 13.7. The van der Waals surface area contributed by atoms with Crippen LogP contribution in [0.5, 0.6) is 0 Å². The van der Waals surface area contributed by atoms with E-state index < -0.39 is 254 Å². The van der Waals surface area contributed by atoms with E-state index in [4.69, 9.17) is 56.8 Å². The third kappa shape index (κ3) is 32.9. The molecule has 6 heterocycles. The molecule has 6 aliphatic rings. The Labute approximate surface area is 694 Å². The summed E-state index contributed by atoms with van der Waals surface area (Å²) in [5, 5.41) is 209. The molecule has 6 fully saturated rings. The zero-order valence-electron chi connectivity index (χ0n) is 69.5. The molecule has 0 aliphatic carbocycles. The van der Waals surface area contributed by atoms with Crippen molar-refractivity contribution in [2.75, 3.05) is 46.2 Å². The highest BCUT2D eigenvalue weighted by atomic mass is 16.8. The molecule has 3 amide bonds. The number of hydrogen-bond donors (Lipinski definition) is 21. The molecule has 688 valence electrons. The lowest BCUT2D eigenvalue weighted by molar-refractivity contribution is -0.390. The maximum absolute atomic E-state index is 13.7. The van der Waals surface area contributed by atoms with E-state index >= 15 is 0 Å². The number of carbonyl (C=O) groups is 3. The molecule has 6 rings (SSSR count). The van der Waals surface area contributed by atoms with Gasteiger partial charge in [0.05, 0.1) is 58.4 Å². The zero-order valence-corrected chi connectivity index (χ0v) is 69.5. The molecule has 6 saturated heterocycles. The van der Waals surface area contributed by atoms with E-state index in [1.807, 2.05) is 6.08 Å². The Morgan fingerprint density at radius 1 is 0.339 bits per heavy atom. The summed E-state index contributed by atoms with van der Waals surface area (Å²) in [5.74, 6) is -1.97. The molecule has 0 saturated carbocycles. The molecular formula is C82H147N3O33. The summed E-state index contributed by atoms with van der Waals surface area (Å²) in [6.45, 7) is 0.204. The van der Waals surface area contributed by atoms with Gasteiger partial charge in [0.1, 0.15) is 146 Å². The van der Waals surface area contributed by atoms with Crippen molar-refractivity contribution in [2.24, 2.45) is 0 Å². The van der Waals surface area contributed by atoms with Crippen LogP contribution in [0.2, 0.25) is 0 Å². The summed E-state index contributed by atoms with van der Waals surface area (Å²) >= 11 is 0. The normalized spacial score (nSPS) is 36.0. The average Bonchev–Trinajstić information content (AvgIpc) is 0.706. The van der Waals surface area contributed by atoms with Crippen molar-refractivity contribution in [2.45, 2.75) is 429 Å². The number of rotatable bonds is 57. The summed E-state index contributed by atoms with van der Waals surface area (Å²) in [4.78, 5) is 38.9. The molecule has 0 aromatic rings. The number of nitrogens with one attached hydrogen (secondary N) is 3. The van der Waals surface area contributed by atoms with Crippen molar-refractivity contribution >= 4 is 17.7 Å². The predicted molar refractivity (Wildman–Crippen MR) is 421 cm³/mol. The Morgan fingerprint density at radius 2 is 0.686 bits per heavy atom. The second-order valence-corrected chi connectivity index (χ2v) is 32.5. The van der Waals surface area contributed by atoms with Crippen LogP contribution in [0.4, 0.5) is 0 Å². The van der Waals surface area contributed by atoms with Gasteiger partial charge in [-0.25, -0.2) is 0 Å². The second kappa shape index (κ2) is 56.6. The SMILES string of the molecule is CCCCCCCC/C=C\CCCCCCCCCCCCCC(=O)N[C@@H](CO[C@@H]1OC(CO)[C@@H](O[C@@H]2OC(CO[C@@H]3OC(CO)[C@@H](O[C@@H]4OC(CO)[C@H](O)[C@H](O)C4O)[C@H](O)C3NC(C)=O)[C@H](O)[C@H](O[C@H]3OC(CO)[C@H](O)[C@H](O[C@@H]4OC(CO)[C@H](O)[C@H](O)C4NC(C)=O)C3O)C2O)[C@H](O)C1O)[C@H](O)/C=C/CCCCCCCCCCCCC. The lowest BCUT2D eigenvalue weighted by Gasteiger charge is -2.50. The number of hydrogen-bond acceptors (Lipinski definition) is 33. The molecule has 0 aromatic heterocycles. The number of amides is 3. The predicted octanol–water partition coefficient (Wildman–Crippen LogP) is -0.307. The third-order valence-electron chi connectivity index (χ3n) is 22.9. The van der Waals surface area contributed by atoms with Gasteiger partial charge in [-0.1, -0.05) is 192 Å². The molecule has 12 unspecified atom stereocenters. The lowest BCUT2D eigenvalue weighted by atomic mass is 9.94. The largest absolute Gasteiger partial charge is 0.394 e. The lowest BCUT2D eigenvalue weighted by Crippen LogP contribution is -2.69. The minimum Gasteiger partial charge on any atom is -0.394 e. The quantitative estimate of drug-likeness (QED) is 0.0274. The molecular weight excluding hydrogens is 1550 g/mol. The first kappa shape index (κ1) is 103. The van der Waals surface area contributed by atoms with Crippen LogP contribution in [0.25, 0.3) is 0 Å². The van der Waals surface area contributed by atoms with Crippen molar-refractivity contribution in [1.29, 1.82) is 0 Å². The Kier molecular flexibility index (Phi) is 49.6. The molecule has 0 radical (unpaired) electrons. The first-order valence-corrected chi connectivity index (χ1v) is 43.6. The highest BCUT2D eigenvalue weighted by Crippen LogP contribution is 2.37. The van der Waals surface area contributed by atoms with Crippen molar-refractivity contribution in [3.8, 4) is 0 Å². The van der Waals surface area contributed by atoms with Crippen molar-refractivity contribution in [3.05, 3.63) is 24.3 Å². The molecule has 0 spiro atoms. The fourth-order valence-electron chi connectivity index (χ4n) is 15.8. The van der Waals surface area contributed by atoms with Crippen molar-refractivity contribution in [3.63, 3.8) is 0 Å². The Morgan fingerprint density at radius 3 is 1.15 bits per heavy atom. The van der Waals surface area contributed by atoms with Crippen LogP contribution in [0.15, 0.2) is 24.3 Å². The maximum Gasteiger partial charge on any atom is 0.220 e. The van der Waals surface area contributed by atoms with E-state index in [1.54, 1.807) is 6.08 Å². The first-order valence-electron chi connectivity index (χ1n) is 43.6. The van der Waals surface area contributed by atoms with E-state index in [-0.39, 0.29) is 12.3 Å². The summed E-state index contributed by atoms with van der Waals surface area (Å²) in [6.07, 6.45) is -12.4. The molecule has 118 heavy (non-hydrogen) atoms. The minimum atomic E-state index is -2.34. The summed E-state index contributed by atoms with van der Waals surface area (Å²) in [6, 6.07) is -4.49. The van der Waals surface area contributed by atoms with Crippen LogP contribution in [0.1, 0.15) is 233 Å². The van der Waals surface area contributed by atoms with Crippen molar-refractivity contribution < 1.29 is 163 Å². The van der Waals surface area contributed by atoms with Gasteiger partial charge in [0.15, 0.2) is 37.7 Å². The topological polar surface area (TPSA) is 562 Å². The van der Waals surface area contributed by atoms with Gasteiger partial charge in [-0.15, -0.1) is 0 Å². The summed E-state index contributed by atoms with van der Waals surface area (Å²) in [7, 11) is 0. The van der Waals surface area contributed by atoms with E-state index in [0.29, 0.717) is 12.8 Å². The van der Waals surface area contributed by atoms with Crippen LogP contribution in [0.3, 0.4) is 0 Å². The number of carbonyl (C=O) groups excluding carboxylic acids is 3. The number of aliphatic hydroxyl groups excluding tert-OH is 18. The van der Waals surface area contributed by atoms with E-state index in [9.17, 15) is 106 Å². The standard InChI is InChI=1S/C82H147N3O33/c1-5-7-9-11-13-15-17-19-20-21-22-23-24-25-26-28-30-32-34-36-38-40-58(94)85-50(51(93)39-37-35-33-31-29-27-18-16-14-12-10-8-6-2)46-107-79-70(104)68(102)74(56(45-90)113-79)116-82-72(106)76(118-81-71(105)75(63(97)54(43-88)111-81)117-78-59(83-48(3)91)65(99)61(95)52(41-86)109-78)64(98)57(114-82)47-108-77-60(84-49(4)92)66(100)73(55(44-89)112-77)115-80-69(103)67(101)62(96)53(42-87)110-80/h19-20,37,39,50-57,59-82,86-90,93,95-106H,5-18,21-36,38,40-47H2,1-4H3,(H,83,91)(H,84,92)(H,85,94)/b20-19-,39-37+/t50-,51+,52?,53?,54?,55?,56?,57?,59?,60?,61-,62-,63-,64-,65+,66+,67-,68+,69?,70?,71?,72?,73+,74+,75-,76-,77+,78-,79+,80-,81+,82-/m0/s1. The van der Waals surface area contributed by atoms with Gasteiger partial charge in [0, 0.05) is 20.3 Å². The Balaban J connectivity index is 1.16. The molecule has 6 aliphatic heterocycles. The molecule has 0 bridgehead atoms. The average molecular weight is 1700 g/mol. The van der Waals surface area contributed by atoms with Gasteiger partial charge in [-0.2, -0.15) is 0 Å². The highest BCUT2D eigenvalue weighted by Gasteiger charge is 2.58. The summed E-state index contributed by atoms with van der Waals surface area (Å²) in [5.41, 5.74) is 0. The van der Waals surface area contributed by atoms with Crippen LogP contribution >= 0.6 is 0 Å². The number of aliphatic hydroxyl groups is 18. The Hall–Kier alpha value is -3.31. The van der Waals surface area contributed by atoms with Gasteiger partial charge in [-0.05, 0) is 44.9 Å². The fourth-order valence-corrected chi connectivity index (χ4v) is 15.8. The van der Waals surface area contributed by atoms with E-state index in [1.165, 1.54) is 122 Å². The van der Waals surface area contributed by atoms with Crippen molar-refractivity contribution in [1.82, 2.24) is 16.0 Å². The Bertz CT molecular complexity index is 2760. The number of unbranched alkanes of at least 4 members (excludes halogenated alkanes) is 28. The zero-order chi connectivity index (χ0) is 86.2. The molecule has 21 N–H and O–H groups in total. The molecule has 36 heteroatoms. The number of allylic oxidation sites excluding steroid dienone is 3. The smallest absolute Gasteiger partial charge is 0.220 e. The molecule has 36 nitrogen and oxygen atoms in total. The molecule has 32 atom stereocenters. The van der Waals surface area contributed by atoms with Crippen LogP contribution in [0, 0.1) is 0 Å². The molecule has 0 aromatic carbocycles. The summed E-state index contributed by atoms with van der Waals surface area (Å²) < 4.78 is 71.4. The van der Waals surface area contributed by atoms with Crippen LogP contribution < -0.4 is 16.0 Å². The van der Waals surface area contributed by atoms with Gasteiger partial charge >= 0.3 is 0 Å². The van der Waals surface area contributed by atoms with E-state index in [2.05, 4.69) is 41.9 Å². The van der Waals surface area contributed by atoms with Gasteiger partial charge < -0.3 is 165 Å². The third-order valence-corrected chi connectivity index (χ3v) is 22.9. The first-order chi connectivity index (χ1) is 56.8. The minimum absolute atomic E-state index is 0.140. The van der Waals surface area contributed by atoms with Crippen LogP contribution in [-0.2, 0) is 71.2 Å². The van der Waals surface area contributed by atoms with Gasteiger partial charge in [-0.3, -0.25) is 14.4 Å².